The fourth-order valence-electron chi connectivity index (χ4n) is 4.61. The molecule has 1 atom stereocenters. The summed E-state index contributed by atoms with van der Waals surface area (Å²) in [5, 5.41) is 0. The Morgan fingerprint density at radius 3 is 2.73 bits per heavy atom. The van der Waals surface area contributed by atoms with Gasteiger partial charge in [0.1, 0.15) is 0 Å². The lowest BCUT2D eigenvalue weighted by atomic mass is 9.79. The first-order valence-corrected chi connectivity index (χ1v) is 9.75. The number of aryl methyl sites for hydroxylation is 1. The molecule has 2 aromatic rings. The molecule has 0 bridgehead atoms. The van der Waals surface area contributed by atoms with Gasteiger partial charge in [0.05, 0.1) is 6.26 Å². The van der Waals surface area contributed by atoms with E-state index in [1.54, 1.807) is 6.26 Å². The van der Waals surface area contributed by atoms with Gasteiger partial charge in [0.2, 0.25) is 0 Å². The third kappa shape index (κ3) is 3.56. The van der Waals surface area contributed by atoms with E-state index in [1.165, 1.54) is 24.9 Å². The highest BCUT2D eigenvalue weighted by atomic mass is 16.3. The summed E-state index contributed by atoms with van der Waals surface area (Å²) in [6, 6.07) is 12.6. The van der Waals surface area contributed by atoms with Crippen molar-refractivity contribution in [2.75, 3.05) is 32.7 Å². The molecule has 0 N–H and O–H groups in total. The van der Waals surface area contributed by atoms with E-state index in [9.17, 15) is 4.79 Å². The highest BCUT2D eigenvalue weighted by molar-refractivity contribution is 5.93. The molecule has 1 aromatic carbocycles. The zero-order chi connectivity index (χ0) is 18.0. The molecule has 2 aliphatic rings. The maximum Gasteiger partial charge on any atom is 0.289 e. The summed E-state index contributed by atoms with van der Waals surface area (Å²) < 4.78 is 5.42. The number of furan rings is 1. The van der Waals surface area contributed by atoms with E-state index in [0.717, 1.165) is 44.6 Å². The second-order valence-electron chi connectivity index (χ2n) is 8.02. The topological polar surface area (TPSA) is 36.7 Å². The molecule has 1 spiro atoms. The predicted octanol–water partition coefficient (Wildman–Crippen LogP) is 3.76. The Kier molecular flexibility index (Phi) is 4.86. The van der Waals surface area contributed by atoms with Crippen molar-refractivity contribution in [3.8, 4) is 0 Å². The highest BCUT2D eigenvalue weighted by Crippen LogP contribution is 2.39. The molecule has 2 saturated heterocycles. The fraction of sp³-hybridized carbons (Fsp3) is 0.500. The first-order chi connectivity index (χ1) is 12.7. The second kappa shape index (κ2) is 7.28. The second-order valence-corrected chi connectivity index (χ2v) is 8.02. The largest absolute Gasteiger partial charge is 0.459 e. The zero-order valence-corrected chi connectivity index (χ0v) is 15.6. The van der Waals surface area contributed by atoms with Gasteiger partial charge < -0.3 is 14.2 Å². The van der Waals surface area contributed by atoms with Crippen LogP contribution >= 0.6 is 0 Å². The monoisotopic (exact) mass is 352 g/mol. The number of piperidine rings is 1. The van der Waals surface area contributed by atoms with E-state index in [1.807, 2.05) is 17.9 Å². The molecule has 2 aliphatic heterocycles. The van der Waals surface area contributed by atoms with Crippen LogP contribution in [0.3, 0.4) is 0 Å². The van der Waals surface area contributed by atoms with Crippen molar-refractivity contribution < 1.29 is 9.21 Å². The molecule has 0 aliphatic carbocycles. The van der Waals surface area contributed by atoms with Crippen LogP contribution in [0.15, 0.2) is 47.1 Å². The molecule has 0 saturated carbocycles. The molecule has 2 fully saturated rings. The van der Waals surface area contributed by atoms with Gasteiger partial charge in [-0.2, -0.15) is 0 Å². The standard InChI is InChI=1S/C22H28N2O2/c1-18-9-15-26-20(18)21(25)24-14-11-22(17-24)10-5-12-23(16-22)13-8-19-6-3-2-4-7-19/h2-4,6-7,9,15H,5,8,10-14,16-17H2,1H3/t22-/m0/s1. The van der Waals surface area contributed by atoms with E-state index >= 15 is 0 Å². The number of rotatable bonds is 4. The predicted molar refractivity (Wildman–Crippen MR) is 102 cm³/mol. The number of hydrogen-bond donors (Lipinski definition) is 0. The van der Waals surface area contributed by atoms with Crippen LogP contribution < -0.4 is 0 Å². The summed E-state index contributed by atoms with van der Waals surface area (Å²) in [6.07, 6.45) is 6.29. The third-order valence-corrected chi connectivity index (χ3v) is 6.08. The summed E-state index contributed by atoms with van der Waals surface area (Å²) in [6.45, 7) is 7.06. The molecule has 0 radical (unpaired) electrons. The Labute approximate surface area is 155 Å². The van der Waals surface area contributed by atoms with Crippen molar-refractivity contribution in [1.29, 1.82) is 0 Å². The van der Waals surface area contributed by atoms with Gasteiger partial charge in [-0.3, -0.25) is 4.79 Å². The van der Waals surface area contributed by atoms with E-state index in [2.05, 4.69) is 35.2 Å². The van der Waals surface area contributed by atoms with Crippen LogP contribution in [0.1, 0.15) is 40.9 Å². The molecule has 0 unspecified atom stereocenters. The normalized spacial score (nSPS) is 23.7. The van der Waals surface area contributed by atoms with Gasteiger partial charge in [-0.05, 0) is 50.8 Å². The van der Waals surface area contributed by atoms with Crippen molar-refractivity contribution in [3.63, 3.8) is 0 Å². The molecular formula is C22H28N2O2. The number of carbonyl (C=O) groups excluding carboxylic acids is 1. The van der Waals surface area contributed by atoms with E-state index < -0.39 is 0 Å². The third-order valence-electron chi connectivity index (χ3n) is 6.08. The van der Waals surface area contributed by atoms with E-state index in [-0.39, 0.29) is 11.3 Å². The van der Waals surface area contributed by atoms with Crippen LogP contribution in [-0.4, -0.2) is 48.4 Å². The van der Waals surface area contributed by atoms with Gasteiger partial charge in [0.15, 0.2) is 5.76 Å². The van der Waals surface area contributed by atoms with E-state index in [0.29, 0.717) is 5.76 Å². The van der Waals surface area contributed by atoms with E-state index in [4.69, 9.17) is 4.42 Å². The highest BCUT2D eigenvalue weighted by Gasteiger charge is 2.43. The van der Waals surface area contributed by atoms with Crippen LogP contribution in [0.5, 0.6) is 0 Å². The van der Waals surface area contributed by atoms with Crippen molar-refractivity contribution in [2.45, 2.75) is 32.6 Å². The molecule has 3 heterocycles. The minimum Gasteiger partial charge on any atom is -0.459 e. The number of benzene rings is 1. The average Bonchev–Trinajstić information content (AvgIpc) is 3.27. The molecule has 1 amide bonds. The first-order valence-electron chi connectivity index (χ1n) is 9.75. The number of carbonyl (C=O) groups is 1. The fourth-order valence-corrected chi connectivity index (χ4v) is 4.61. The number of hydrogen-bond acceptors (Lipinski definition) is 3. The van der Waals surface area contributed by atoms with Gasteiger partial charge in [0.25, 0.3) is 5.91 Å². The Morgan fingerprint density at radius 2 is 1.96 bits per heavy atom. The summed E-state index contributed by atoms with van der Waals surface area (Å²) in [5.41, 5.74) is 2.61. The Bertz CT molecular complexity index is 755. The van der Waals surface area contributed by atoms with Crippen molar-refractivity contribution in [2.24, 2.45) is 5.41 Å². The molecule has 4 heteroatoms. The minimum atomic E-state index is 0.0609. The van der Waals surface area contributed by atoms with Crippen LogP contribution in [0, 0.1) is 12.3 Å². The molecule has 26 heavy (non-hydrogen) atoms. The van der Waals surface area contributed by atoms with Gasteiger partial charge in [-0.1, -0.05) is 30.3 Å². The molecule has 4 rings (SSSR count). The van der Waals surface area contributed by atoms with Crippen LogP contribution in [0.2, 0.25) is 0 Å². The van der Waals surface area contributed by atoms with Crippen molar-refractivity contribution >= 4 is 5.91 Å². The summed E-state index contributed by atoms with van der Waals surface area (Å²) in [7, 11) is 0. The quantitative estimate of drug-likeness (QED) is 0.841. The van der Waals surface area contributed by atoms with Crippen molar-refractivity contribution in [1.82, 2.24) is 9.80 Å². The lowest BCUT2D eigenvalue weighted by Crippen LogP contribution is -2.46. The molecular weight excluding hydrogens is 324 g/mol. The number of amides is 1. The first kappa shape index (κ1) is 17.3. The van der Waals surface area contributed by atoms with Gasteiger partial charge in [-0.25, -0.2) is 0 Å². The van der Waals surface area contributed by atoms with Gasteiger partial charge >= 0.3 is 0 Å². The van der Waals surface area contributed by atoms with Crippen LogP contribution in [-0.2, 0) is 6.42 Å². The van der Waals surface area contributed by atoms with Crippen molar-refractivity contribution in [3.05, 3.63) is 59.5 Å². The summed E-state index contributed by atoms with van der Waals surface area (Å²) >= 11 is 0. The molecule has 138 valence electrons. The number of likely N-dealkylation sites (tertiary alicyclic amines) is 2. The molecule has 1 aromatic heterocycles. The summed E-state index contributed by atoms with van der Waals surface area (Å²) in [5.74, 6) is 0.574. The van der Waals surface area contributed by atoms with Crippen LogP contribution in [0.25, 0.3) is 0 Å². The Hall–Kier alpha value is -2.07. The lowest BCUT2D eigenvalue weighted by molar-refractivity contribution is 0.0665. The van der Waals surface area contributed by atoms with Gasteiger partial charge in [0, 0.05) is 37.2 Å². The summed E-state index contributed by atoms with van der Waals surface area (Å²) in [4.78, 5) is 17.4. The Balaban J connectivity index is 1.36. The van der Waals surface area contributed by atoms with Crippen LogP contribution in [0.4, 0.5) is 0 Å². The van der Waals surface area contributed by atoms with Gasteiger partial charge in [-0.15, -0.1) is 0 Å². The lowest BCUT2D eigenvalue weighted by Gasteiger charge is -2.40. The average molecular weight is 352 g/mol. The maximum absolute atomic E-state index is 12.8. The maximum atomic E-state index is 12.8. The number of nitrogens with zero attached hydrogens (tertiary/aromatic N) is 2. The smallest absolute Gasteiger partial charge is 0.289 e. The molecule has 4 nitrogen and oxygen atoms in total. The Morgan fingerprint density at radius 1 is 1.12 bits per heavy atom. The SMILES string of the molecule is Cc1ccoc1C(=O)N1CC[C@]2(CCCN(CCc3ccccc3)C2)C1. The zero-order valence-electron chi connectivity index (χ0n) is 15.6. The minimum absolute atomic E-state index is 0.0609.